The largest absolute Gasteiger partial charge is 0.619 e. The maximum Gasteiger partial charge on any atom is 0.180 e. The van der Waals surface area contributed by atoms with E-state index in [2.05, 4.69) is 15.5 Å². The number of hydrogen-bond donors (Lipinski definition) is 1. The summed E-state index contributed by atoms with van der Waals surface area (Å²) in [5.74, 6) is 0.692. The molecule has 6 heteroatoms. The van der Waals surface area contributed by atoms with Gasteiger partial charge in [0.15, 0.2) is 18.2 Å². The molecular formula is C20H15ClN4O. The number of hydrogen-bond acceptors (Lipinski definition) is 4. The minimum absolute atomic E-state index is 0.607. The molecule has 0 atom stereocenters. The number of halogens is 1. The number of fused-ring (bicyclic) bond motifs is 1. The highest BCUT2D eigenvalue weighted by atomic mass is 35.5. The van der Waals surface area contributed by atoms with Crippen molar-refractivity contribution >= 4 is 33.9 Å². The van der Waals surface area contributed by atoms with Gasteiger partial charge in [-0.1, -0.05) is 35.9 Å². The molecule has 2 aromatic heterocycles. The number of pyridine rings is 1. The van der Waals surface area contributed by atoms with Gasteiger partial charge in [-0.3, -0.25) is 0 Å². The van der Waals surface area contributed by atoms with E-state index in [1.54, 1.807) is 12.1 Å². The molecule has 0 fully saturated rings. The molecule has 0 amide bonds. The Morgan fingerprint density at radius 2 is 1.58 bits per heavy atom. The molecule has 0 spiro atoms. The fourth-order valence-electron chi connectivity index (χ4n) is 2.81. The lowest BCUT2D eigenvalue weighted by Crippen LogP contribution is -2.23. The van der Waals surface area contributed by atoms with Crippen molar-refractivity contribution in [1.82, 2.24) is 10.2 Å². The van der Waals surface area contributed by atoms with Gasteiger partial charge < -0.3 is 10.5 Å². The van der Waals surface area contributed by atoms with Crippen molar-refractivity contribution in [3.05, 3.63) is 94.5 Å². The number of benzene rings is 2. The Bertz CT molecular complexity index is 964. The Morgan fingerprint density at radius 3 is 2.31 bits per heavy atom. The standard InChI is InChI=1S/C20H15ClN4O/c21-15-5-7-16(8-6-15)22-20-18-4-2-1-3-17(18)19(23-24-20)13-14-9-11-25(26)12-10-14/h1-12H,13H2,(H,22,24). The van der Waals surface area contributed by atoms with Crippen molar-refractivity contribution in [3.63, 3.8) is 0 Å². The third-order valence-corrected chi connectivity index (χ3v) is 4.37. The first kappa shape index (κ1) is 16.3. The SMILES string of the molecule is [O-][n+]1ccc(Cc2nnc(Nc3ccc(Cl)cc3)c3ccccc23)cc1. The molecule has 0 bridgehead atoms. The van der Waals surface area contributed by atoms with Crippen LogP contribution in [0.2, 0.25) is 5.02 Å². The molecule has 5 nitrogen and oxygen atoms in total. The van der Waals surface area contributed by atoms with Crippen molar-refractivity contribution in [1.29, 1.82) is 0 Å². The van der Waals surface area contributed by atoms with Crippen LogP contribution in [0.25, 0.3) is 10.8 Å². The van der Waals surface area contributed by atoms with Gasteiger partial charge in [-0.2, -0.15) is 9.83 Å². The number of anilines is 2. The molecule has 4 aromatic rings. The zero-order valence-corrected chi connectivity index (χ0v) is 14.5. The third-order valence-electron chi connectivity index (χ3n) is 4.11. The maximum atomic E-state index is 11.2. The summed E-state index contributed by atoms with van der Waals surface area (Å²) in [7, 11) is 0. The van der Waals surface area contributed by atoms with Crippen LogP contribution in [0.1, 0.15) is 11.3 Å². The summed E-state index contributed by atoms with van der Waals surface area (Å²) < 4.78 is 0.770. The van der Waals surface area contributed by atoms with E-state index in [9.17, 15) is 5.21 Å². The first-order valence-electron chi connectivity index (χ1n) is 8.14. The Kier molecular flexibility index (Phi) is 4.37. The molecule has 26 heavy (non-hydrogen) atoms. The molecule has 0 saturated carbocycles. The number of nitrogens with one attached hydrogen (secondary N) is 1. The summed E-state index contributed by atoms with van der Waals surface area (Å²) in [4.78, 5) is 0. The molecule has 0 unspecified atom stereocenters. The van der Waals surface area contributed by atoms with Gasteiger partial charge in [0.2, 0.25) is 0 Å². The van der Waals surface area contributed by atoms with E-state index in [4.69, 9.17) is 11.6 Å². The van der Waals surface area contributed by atoms with Crippen LogP contribution in [-0.4, -0.2) is 10.2 Å². The van der Waals surface area contributed by atoms with E-state index in [-0.39, 0.29) is 0 Å². The van der Waals surface area contributed by atoms with Gasteiger partial charge >= 0.3 is 0 Å². The normalized spacial score (nSPS) is 10.8. The van der Waals surface area contributed by atoms with E-state index in [1.807, 2.05) is 48.5 Å². The second-order valence-corrected chi connectivity index (χ2v) is 6.35. The van der Waals surface area contributed by atoms with Crippen LogP contribution in [-0.2, 0) is 6.42 Å². The summed E-state index contributed by atoms with van der Waals surface area (Å²) in [6, 6.07) is 19.0. The maximum absolute atomic E-state index is 11.2. The van der Waals surface area contributed by atoms with Gasteiger partial charge in [-0.05, 0) is 29.8 Å². The summed E-state index contributed by atoms with van der Waals surface area (Å²) in [5.41, 5.74) is 2.77. The quantitative estimate of drug-likeness (QED) is 0.435. The topological polar surface area (TPSA) is 64.8 Å². The van der Waals surface area contributed by atoms with Crippen LogP contribution in [0, 0.1) is 5.21 Å². The molecule has 0 aliphatic heterocycles. The second kappa shape index (κ2) is 6.98. The predicted octanol–water partition coefficient (Wildman–Crippen LogP) is 4.25. The van der Waals surface area contributed by atoms with Crippen LogP contribution < -0.4 is 10.0 Å². The number of nitrogens with zero attached hydrogens (tertiary/aromatic N) is 3. The van der Waals surface area contributed by atoms with Crippen molar-refractivity contribution in [2.45, 2.75) is 6.42 Å². The van der Waals surface area contributed by atoms with E-state index in [0.29, 0.717) is 17.3 Å². The first-order chi connectivity index (χ1) is 12.7. The van der Waals surface area contributed by atoms with Crippen LogP contribution in [0.5, 0.6) is 0 Å². The van der Waals surface area contributed by atoms with Gasteiger partial charge in [0.05, 0.1) is 5.69 Å². The van der Waals surface area contributed by atoms with E-state index >= 15 is 0 Å². The molecule has 0 radical (unpaired) electrons. The lowest BCUT2D eigenvalue weighted by Gasteiger charge is -2.11. The van der Waals surface area contributed by atoms with Crippen LogP contribution in [0.3, 0.4) is 0 Å². The fraction of sp³-hybridized carbons (Fsp3) is 0.0500. The zero-order valence-electron chi connectivity index (χ0n) is 13.8. The Hall–Kier alpha value is -3.18. The first-order valence-corrected chi connectivity index (χ1v) is 8.51. The van der Waals surface area contributed by atoms with Gasteiger partial charge in [-0.25, -0.2) is 0 Å². The molecule has 1 N–H and O–H groups in total. The molecule has 0 saturated heterocycles. The summed E-state index contributed by atoms with van der Waals surface area (Å²) >= 11 is 5.94. The predicted molar refractivity (Wildman–Crippen MR) is 102 cm³/mol. The Morgan fingerprint density at radius 1 is 0.885 bits per heavy atom. The number of aromatic nitrogens is 3. The minimum atomic E-state index is 0.607. The lowest BCUT2D eigenvalue weighted by molar-refractivity contribution is -0.605. The van der Waals surface area contributed by atoms with Crippen molar-refractivity contribution in [3.8, 4) is 0 Å². The molecule has 128 valence electrons. The lowest BCUT2D eigenvalue weighted by atomic mass is 10.0. The van der Waals surface area contributed by atoms with Crippen molar-refractivity contribution < 1.29 is 4.73 Å². The van der Waals surface area contributed by atoms with Gasteiger partial charge in [0.25, 0.3) is 0 Å². The zero-order chi connectivity index (χ0) is 17.9. The average molecular weight is 363 g/mol. The van der Waals surface area contributed by atoms with Gasteiger partial charge in [0, 0.05) is 40.0 Å². The van der Waals surface area contributed by atoms with Gasteiger partial charge in [0.1, 0.15) is 0 Å². The van der Waals surface area contributed by atoms with Crippen LogP contribution >= 0.6 is 11.6 Å². The molecule has 0 aliphatic rings. The second-order valence-electron chi connectivity index (χ2n) is 5.92. The molecule has 4 rings (SSSR count). The minimum Gasteiger partial charge on any atom is -0.619 e. The molecule has 2 heterocycles. The van der Waals surface area contributed by atoms with E-state index in [1.165, 1.54) is 12.4 Å². The third kappa shape index (κ3) is 3.43. The van der Waals surface area contributed by atoms with Crippen LogP contribution in [0.15, 0.2) is 73.1 Å². The number of rotatable bonds is 4. The van der Waals surface area contributed by atoms with E-state index < -0.39 is 0 Å². The molecule has 0 aliphatic carbocycles. The Labute approximate surface area is 155 Å². The highest BCUT2D eigenvalue weighted by Crippen LogP contribution is 2.27. The van der Waals surface area contributed by atoms with Crippen LogP contribution in [0.4, 0.5) is 11.5 Å². The monoisotopic (exact) mass is 362 g/mol. The van der Waals surface area contributed by atoms with Crippen molar-refractivity contribution in [2.24, 2.45) is 0 Å². The highest BCUT2D eigenvalue weighted by Gasteiger charge is 2.10. The summed E-state index contributed by atoms with van der Waals surface area (Å²) in [6.45, 7) is 0. The molecular weight excluding hydrogens is 348 g/mol. The average Bonchev–Trinajstić information content (AvgIpc) is 2.67. The smallest absolute Gasteiger partial charge is 0.180 e. The molecule has 2 aromatic carbocycles. The Balaban J connectivity index is 1.70. The van der Waals surface area contributed by atoms with Crippen molar-refractivity contribution in [2.75, 3.05) is 5.32 Å². The fourth-order valence-corrected chi connectivity index (χ4v) is 2.93. The highest BCUT2D eigenvalue weighted by molar-refractivity contribution is 6.30. The van der Waals surface area contributed by atoms with Gasteiger partial charge in [-0.15, -0.1) is 5.10 Å². The summed E-state index contributed by atoms with van der Waals surface area (Å²) in [6.07, 6.45) is 3.58. The summed E-state index contributed by atoms with van der Waals surface area (Å²) in [5, 5.41) is 26.0. The van der Waals surface area contributed by atoms with E-state index in [0.717, 1.165) is 32.4 Å².